The molecule has 9 heteroatoms. The van der Waals surface area contributed by atoms with E-state index in [1.165, 1.54) is 0 Å². The second-order valence-corrected chi connectivity index (χ2v) is 7.04. The molecule has 0 aliphatic carbocycles. The number of nitrogens with zero attached hydrogens (tertiary/aromatic N) is 2. The van der Waals surface area contributed by atoms with Gasteiger partial charge >= 0.3 is 11.9 Å². The molecule has 1 amide bonds. The van der Waals surface area contributed by atoms with E-state index >= 15 is 0 Å². The molecule has 0 saturated heterocycles. The third kappa shape index (κ3) is 7.16. The summed E-state index contributed by atoms with van der Waals surface area (Å²) in [7, 11) is 0. The Balaban J connectivity index is 1.82. The normalized spacial score (nSPS) is 11.6. The molecule has 9 nitrogen and oxygen atoms in total. The van der Waals surface area contributed by atoms with Crippen LogP contribution in [0.25, 0.3) is 0 Å². The van der Waals surface area contributed by atoms with Crippen LogP contribution in [0.15, 0.2) is 30.5 Å². The Bertz CT molecular complexity index is 899. The Morgan fingerprint density at radius 1 is 1.10 bits per heavy atom. The third-order valence-corrected chi connectivity index (χ3v) is 4.73. The first kappa shape index (κ1) is 22.8. The van der Waals surface area contributed by atoms with Crippen molar-refractivity contribution in [3.63, 3.8) is 0 Å². The maximum Gasteiger partial charge on any atom is 0.326 e. The van der Waals surface area contributed by atoms with Crippen LogP contribution in [0.5, 0.6) is 0 Å². The summed E-state index contributed by atoms with van der Waals surface area (Å²) in [6.07, 6.45) is 4.86. The minimum atomic E-state index is -1.26. The van der Waals surface area contributed by atoms with Crippen molar-refractivity contribution in [1.82, 2.24) is 15.3 Å². The van der Waals surface area contributed by atoms with E-state index in [1.54, 1.807) is 18.3 Å². The number of carbonyl (C=O) groups is 3. The molecule has 0 aliphatic heterocycles. The van der Waals surface area contributed by atoms with Crippen LogP contribution in [-0.4, -0.2) is 44.1 Å². The summed E-state index contributed by atoms with van der Waals surface area (Å²) in [5.41, 5.74) is 8.92. The van der Waals surface area contributed by atoms with Crippen LogP contribution in [0.4, 0.5) is 5.95 Å². The molecule has 0 bridgehead atoms. The lowest BCUT2D eigenvalue weighted by molar-refractivity contribution is -0.140. The zero-order valence-electron chi connectivity index (χ0n) is 16.8. The summed E-state index contributed by atoms with van der Waals surface area (Å²) in [6, 6.07) is 5.70. The van der Waals surface area contributed by atoms with Gasteiger partial charge in [0.15, 0.2) is 0 Å². The molecule has 5 N–H and O–H groups in total. The van der Waals surface area contributed by atoms with Gasteiger partial charge < -0.3 is 21.3 Å². The Morgan fingerprint density at radius 2 is 1.77 bits per heavy atom. The van der Waals surface area contributed by atoms with Crippen molar-refractivity contribution >= 4 is 23.8 Å². The highest BCUT2D eigenvalue weighted by atomic mass is 16.4. The number of rotatable bonds is 11. The first-order chi connectivity index (χ1) is 14.3. The summed E-state index contributed by atoms with van der Waals surface area (Å²) < 4.78 is 0. The van der Waals surface area contributed by atoms with Crippen LogP contribution in [0.3, 0.4) is 0 Å². The number of carbonyl (C=O) groups excluding carboxylic acids is 1. The van der Waals surface area contributed by atoms with Crippen molar-refractivity contribution < 1.29 is 24.6 Å². The average molecular weight is 414 g/mol. The minimum absolute atomic E-state index is 0.174. The van der Waals surface area contributed by atoms with Gasteiger partial charge in [0, 0.05) is 23.9 Å². The molecule has 30 heavy (non-hydrogen) atoms. The van der Waals surface area contributed by atoms with Gasteiger partial charge in [0.1, 0.15) is 6.04 Å². The highest BCUT2D eigenvalue weighted by molar-refractivity contribution is 5.96. The van der Waals surface area contributed by atoms with Gasteiger partial charge in [-0.1, -0.05) is 12.1 Å². The van der Waals surface area contributed by atoms with Crippen molar-refractivity contribution in [2.75, 3.05) is 5.73 Å². The summed E-state index contributed by atoms with van der Waals surface area (Å²) in [6.45, 7) is 1.91. The van der Waals surface area contributed by atoms with Gasteiger partial charge in [-0.15, -0.1) is 0 Å². The standard InChI is InChI=1S/C21H26N4O5/c1-13-16(12-23-21(22)24-13)5-3-2-4-14-6-8-15(9-7-14)19(28)25-17(20(29)30)10-11-18(26)27/h6-9,12,17H,2-5,10-11H2,1H3,(H,25,28)(H,26,27)(H,29,30)(H2,22,23,24)/t17-/m0/s1. The minimum Gasteiger partial charge on any atom is -0.481 e. The van der Waals surface area contributed by atoms with E-state index < -0.39 is 23.9 Å². The molecule has 0 aliphatic rings. The number of unbranched alkanes of at least 4 members (excludes halogenated alkanes) is 1. The number of anilines is 1. The molecular weight excluding hydrogens is 388 g/mol. The lowest BCUT2D eigenvalue weighted by Crippen LogP contribution is -2.41. The predicted molar refractivity (Wildman–Crippen MR) is 110 cm³/mol. The van der Waals surface area contributed by atoms with Crippen LogP contribution in [0, 0.1) is 6.92 Å². The van der Waals surface area contributed by atoms with Crippen LogP contribution in [-0.2, 0) is 22.4 Å². The number of carboxylic acids is 2. The molecule has 0 fully saturated rings. The van der Waals surface area contributed by atoms with E-state index in [9.17, 15) is 14.4 Å². The van der Waals surface area contributed by atoms with Crippen LogP contribution < -0.4 is 11.1 Å². The lowest BCUT2D eigenvalue weighted by atomic mass is 10.0. The Kier molecular flexibility index (Phi) is 8.28. The van der Waals surface area contributed by atoms with E-state index in [0.717, 1.165) is 42.5 Å². The topological polar surface area (TPSA) is 156 Å². The Hall–Kier alpha value is -3.49. The number of nitrogens with one attached hydrogen (secondary N) is 1. The smallest absolute Gasteiger partial charge is 0.326 e. The number of amides is 1. The Morgan fingerprint density at radius 3 is 2.37 bits per heavy atom. The summed E-state index contributed by atoms with van der Waals surface area (Å²) >= 11 is 0. The third-order valence-electron chi connectivity index (χ3n) is 4.73. The number of benzene rings is 1. The number of aromatic nitrogens is 2. The van der Waals surface area contributed by atoms with Gasteiger partial charge in [0.05, 0.1) is 0 Å². The fourth-order valence-electron chi connectivity index (χ4n) is 2.99. The van der Waals surface area contributed by atoms with Crippen molar-refractivity contribution in [2.45, 2.75) is 51.5 Å². The van der Waals surface area contributed by atoms with E-state index in [-0.39, 0.29) is 18.8 Å². The second kappa shape index (κ2) is 10.9. The van der Waals surface area contributed by atoms with Crippen molar-refractivity contribution in [1.29, 1.82) is 0 Å². The predicted octanol–water partition coefficient (Wildman–Crippen LogP) is 1.98. The van der Waals surface area contributed by atoms with Crippen molar-refractivity contribution in [2.24, 2.45) is 0 Å². The first-order valence-electron chi connectivity index (χ1n) is 9.68. The first-order valence-corrected chi connectivity index (χ1v) is 9.68. The zero-order chi connectivity index (χ0) is 22.1. The number of carboxylic acid groups (broad SMARTS) is 2. The largest absolute Gasteiger partial charge is 0.481 e. The van der Waals surface area contributed by atoms with Gasteiger partial charge in [-0.25, -0.2) is 14.8 Å². The highest BCUT2D eigenvalue weighted by Gasteiger charge is 2.21. The maximum atomic E-state index is 12.2. The molecule has 0 radical (unpaired) electrons. The van der Waals surface area contributed by atoms with E-state index in [0.29, 0.717) is 5.56 Å². The number of aliphatic carboxylic acids is 2. The molecule has 2 aromatic rings. The van der Waals surface area contributed by atoms with Crippen molar-refractivity contribution in [3.8, 4) is 0 Å². The second-order valence-electron chi connectivity index (χ2n) is 7.04. The fourth-order valence-corrected chi connectivity index (χ4v) is 2.99. The molecule has 2 rings (SSSR count). The van der Waals surface area contributed by atoms with E-state index in [4.69, 9.17) is 15.9 Å². The zero-order valence-corrected chi connectivity index (χ0v) is 16.8. The SMILES string of the molecule is Cc1nc(N)ncc1CCCCc1ccc(C(=O)N[C@@H](CCC(=O)O)C(=O)O)cc1. The summed E-state index contributed by atoms with van der Waals surface area (Å²) in [5.74, 6) is -2.64. The molecule has 1 aromatic carbocycles. The summed E-state index contributed by atoms with van der Waals surface area (Å²) in [5, 5.41) is 20.2. The van der Waals surface area contributed by atoms with E-state index in [1.807, 2.05) is 19.1 Å². The van der Waals surface area contributed by atoms with E-state index in [2.05, 4.69) is 15.3 Å². The average Bonchev–Trinajstić information content (AvgIpc) is 2.69. The highest BCUT2D eigenvalue weighted by Crippen LogP contribution is 2.13. The molecule has 1 atom stereocenters. The molecule has 0 spiro atoms. The summed E-state index contributed by atoms with van der Waals surface area (Å²) in [4.78, 5) is 42.2. The number of hydrogen-bond acceptors (Lipinski definition) is 6. The quantitative estimate of drug-likeness (QED) is 0.407. The van der Waals surface area contributed by atoms with Crippen LogP contribution in [0.1, 0.15) is 52.9 Å². The fraction of sp³-hybridized carbons (Fsp3) is 0.381. The van der Waals surface area contributed by atoms with Gasteiger partial charge in [-0.2, -0.15) is 0 Å². The molecule has 1 aromatic heterocycles. The maximum absolute atomic E-state index is 12.2. The monoisotopic (exact) mass is 414 g/mol. The van der Waals surface area contributed by atoms with Gasteiger partial charge in [0.25, 0.3) is 5.91 Å². The van der Waals surface area contributed by atoms with Crippen LogP contribution >= 0.6 is 0 Å². The van der Waals surface area contributed by atoms with Crippen LogP contribution in [0.2, 0.25) is 0 Å². The number of nitrogen functional groups attached to an aromatic ring is 1. The lowest BCUT2D eigenvalue weighted by Gasteiger charge is -2.13. The Labute approximate surface area is 174 Å². The molecule has 0 saturated carbocycles. The molecule has 160 valence electrons. The number of hydrogen-bond donors (Lipinski definition) is 4. The molecular formula is C21H26N4O5. The molecule has 1 heterocycles. The number of nitrogens with two attached hydrogens (primary N) is 1. The molecule has 0 unspecified atom stereocenters. The number of aryl methyl sites for hydroxylation is 3. The van der Waals surface area contributed by atoms with Gasteiger partial charge in [0.2, 0.25) is 5.95 Å². The van der Waals surface area contributed by atoms with Gasteiger partial charge in [-0.05, 0) is 62.3 Å². The van der Waals surface area contributed by atoms with Crippen molar-refractivity contribution in [3.05, 3.63) is 52.8 Å². The van der Waals surface area contributed by atoms with Gasteiger partial charge in [-0.3, -0.25) is 9.59 Å².